The molecule has 0 unspecified atom stereocenters. The zero-order chi connectivity index (χ0) is 19.7. The van der Waals surface area contributed by atoms with E-state index in [9.17, 15) is 4.79 Å². The van der Waals surface area contributed by atoms with Crippen LogP contribution in [0.3, 0.4) is 0 Å². The number of carbonyl (C=O) groups excluding carboxylic acids is 1. The first-order chi connectivity index (χ1) is 13.5. The maximum Gasteiger partial charge on any atom is 0.258 e. The molecule has 0 saturated heterocycles. The lowest BCUT2D eigenvalue weighted by molar-refractivity contribution is 0.0949. The minimum atomic E-state index is -0.132. The van der Waals surface area contributed by atoms with Gasteiger partial charge in [0.15, 0.2) is 17.3 Å². The van der Waals surface area contributed by atoms with Crippen LogP contribution in [0.1, 0.15) is 40.1 Å². The van der Waals surface area contributed by atoms with Crippen molar-refractivity contribution in [2.75, 3.05) is 0 Å². The second-order valence-corrected chi connectivity index (χ2v) is 6.63. The number of pyridine rings is 1. The number of nitrogens with zero attached hydrogens (tertiary/aromatic N) is 5. The Kier molecular flexibility index (Phi) is 4.60. The summed E-state index contributed by atoms with van der Waals surface area (Å²) in [7, 11) is 0. The Bertz CT molecular complexity index is 1160. The lowest BCUT2D eigenvalue weighted by Crippen LogP contribution is -2.24. The molecule has 28 heavy (non-hydrogen) atoms. The summed E-state index contributed by atoms with van der Waals surface area (Å²) in [4.78, 5) is 16.9. The lowest BCUT2D eigenvalue weighted by atomic mass is 10.1. The van der Waals surface area contributed by atoms with E-state index in [-0.39, 0.29) is 12.5 Å². The molecule has 0 saturated carbocycles. The average Bonchev–Trinajstić information content (AvgIpc) is 3.34. The molecule has 0 spiro atoms. The van der Waals surface area contributed by atoms with Crippen molar-refractivity contribution in [3.05, 3.63) is 64.9 Å². The van der Waals surface area contributed by atoms with Crippen LogP contribution in [-0.4, -0.2) is 30.6 Å². The summed E-state index contributed by atoms with van der Waals surface area (Å²) in [5.41, 5.74) is 4.07. The summed E-state index contributed by atoms with van der Waals surface area (Å²) in [6, 6.07) is 9.51. The molecule has 3 heterocycles. The second kappa shape index (κ2) is 7.22. The number of hydrogen-bond donors (Lipinski definition) is 1. The number of rotatable bonds is 5. The van der Waals surface area contributed by atoms with Gasteiger partial charge in [0.05, 0.1) is 6.54 Å². The topological polar surface area (TPSA) is 98.2 Å². The van der Waals surface area contributed by atoms with Gasteiger partial charge in [-0.05, 0) is 37.6 Å². The number of fused-ring (bicyclic) bond motifs is 1. The van der Waals surface area contributed by atoms with Gasteiger partial charge in [0.2, 0.25) is 0 Å². The number of hydrogen-bond acceptors (Lipinski definition) is 6. The van der Waals surface area contributed by atoms with E-state index in [0.717, 1.165) is 16.7 Å². The van der Waals surface area contributed by atoms with E-state index in [0.29, 0.717) is 35.2 Å². The third-order valence-electron chi connectivity index (χ3n) is 4.56. The Morgan fingerprint density at radius 1 is 1.18 bits per heavy atom. The minimum Gasteiger partial charge on any atom is -0.345 e. The van der Waals surface area contributed by atoms with Crippen LogP contribution in [0.15, 0.2) is 41.1 Å². The Labute approximate surface area is 161 Å². The molecule has 0 radical (unpaired) electrons. The average molecular weight is 376 g/mol. The van der Waals surface area contributed by atoms with Crippen LogP contribution in [0, 0.1) is 13.8 Å². The normalized spacial score (nSPS) is 11.1. The highest BCUT2D eigenvalue weighted by atomic mass is 16.5. The van der Waals surface area contributed by atoms with E-state index < -0.39 is 0 Å². The van der Waals surface area contributed by atoms with Gasteiger partial charge in [-0.15, -0.1) is 10.2 Å². The van der Waals surface area contributed by atoms with Gasteiger partial charge >= 0.3 is 0 Å². The van der Waals surface area contributed by atoms with Crippen LogP contribution < -0.4 is 5.32 Å². The van der Waals surface area contributed by atoms with Crippen LogP contribution in [-0.2, 0) is 13.0 Å². The summed E-state index contributed by atoms with van der Waals surface area (Å²) in [6.45, 7) is 6.12. The zero-order valence-corrected chi connectivity index (χ0v) is 15.9. The molecule has 0 aliphatic heterocycles. The molecule has 4 aromatic rings. The molecule has 4 rings (SSSR count). The van der Waals surface area contributed by atoms with Crippen molar-refractivity contribution >= 4 is 11.6 Å². The van der Waals surface area contributed by atoms with Crippen molar-refractivity contribution in [2.45, 2.75) is 33.7 Å². The molecule has 3 aromatic heterocycles. The summed E-state index contributed by atoms with van der Waals surface area (Å²) < 4.78 is 7.09. The Hall–Kier alpha value is -3.55. The number of aromatic nitrogens is 5. The van der Waals surface area contributed by atoms with Crippen LogP contribution in [0.2, 0.25) is 0 Å². The van der Waals surface area contributed by atoms with Gasteiger partial charge in [-0.2, -0.15) is 4.98 Å². The molecule has 0 atom stereocenters. The quantitative estimate of drug-likeness (QED) is 0.575. The fraction of sp³-hybridized carbons (Fsp3) is 0.250. The Balaban J connectivity index is 1.53. The van der Waals surface area contributed by atoms with Crippen molar-refractivity contribution in [1.82, 2.24) is 30.1 Å². The van der Waals surface area contributed by atoms with Crippen molar-refractivity contribution in [3.8, 4) is 11.5 Å². The van der Waals surface area contributed by atoms with Crippen LogP contribution in [0.4, 0.5) is 0 Å². The monoisotopic (exact) mass is 376 g/mol. The number of nitrogens with one attached hydrogen (secondary N) is 1. The van der Waals surface area contributed by atoms with E-state index in [1.165, 1.54) is 0 Å². The van der Waals surface area contributed by atoms with Gasteiger partial charge < -0.3 is 9.84 Å². The van der Waals surface area contributed by atoms with E-state index in [2.05, 4.69) is 25.7 Å². The fourth-order valence-corrected chi connectivity index (χ4v) is 2.94. The van der Waals surface area contributed by atoms with E-state index in [1.54, 1.807) is 0 Å². The van der Waals surface area contributed by atoms with E-state index in [4.69, 9.17) is 4.52 Å². The molecule has 1 N–H and O–H groups in total. The summed E-state index contributed by atoms with van der Waals surface area (Å²) >= 11 is 0. The maximum atomic E-state index is 12.5. The standard InChI is InChI=1S/C20H20N6O2/c1-4-16-22-20(28-25-16)14-7-8-26-17(10-14)23-24-18(26)11-21-19(27)15-9-12(2)5-6-13(15)3/h5-10H,4,11H2,1-3H3,(H,21,27). The molecule has 0 fully saturated rings. The third kappa shape index (κ3) is 3.36. The van der Waals surface area contributed by atoms with E-state index in [1.807, 2.05) is 61.7 Å². The lowest BCUT2D eigenvalue weighted by Gasteiger charge is -2.08. The van der Waals surface area contributed by atoms with Crippen molar-refractivity contribution in [1.29, 1.82) is 0 Å². The fourth-order valence-electron chi connectivity index (χ4n) is 2.94. The number of benzene rings is 1. The first-order valence-corrected chi connectivity index (χ1v) is 9.07. The second-order valence-electron chi connectivity index (χ2n) is 6.63. The highest BCUT2D eigenvalue weighted by Gasteiger charge is 2.13. The van der Waals surface area contributed by atoms with Crippen LogP contribution >= 0.6 is 0 Å². The highest BCUT2D eigenvalue weighted by molar-refractivity contribution is 5.95. The molecule has 1 aromatic carbocycles. The Morgan fingerprint density at radius 3 is 2.82 bits per heavy atom. The zero-order valence-electron chi connectivity index (χ0n) is 15.9. The van der Waals surface area contributed by atoms with Gasteiger partial charge in [0.25, 0.3) is 11.8 Å². The number of aryl methyl sites for hydroxylation is 3. The molecule has 8 heteroatoms. The predicted molar refractivity (Wildman–Crippen MR) is 103 cm³/mol. The SMILES string of the molecule is CCc1noc(-c2ccn3c(CNC(=O)c4cc(C)ccc4C)nnc3c2)n1. The van der Waals surface area contributed by atoms with Crippen molar-refractivity contribution in [3.63, 3.8) is 0 Å². The molecular formula is C20H20N6O2. The maximum absolute atomic E-state index is 12.5. The molecule has 0 aliphatic carbocycles. The first kappa shape index (κ1) is 17.8. The molecule has 142 valence electrons. The predicted octanol–water partition coefficient (Wildman–Crippen LogP) is 2.89. The van der Waals surface area contributed by atoms with Gasteiger partial charge in [-0.25, -0.2) is 0 Å². The van der Waals surface area contributed by atoms with E-state index >= 15 is 0 Å². The largest absolute Gasteiger partial charge is 0.345 e. The molecule has 8 nitrogen and oxygen atoms in total. The first-order valence-electron chi connectivity index (χ1n) is 9.07. The van der Waals surface area contributed by atoms with Crippen LogP contribution in [0.25, 0.3) is 17.1 Å². The van der Waals surface area contributed by atoms with Crippen molar-refractivity contribution in [2.24, 2.45) is 0 Å². The molecule has 0 bridgehead atoms. The summed E-state index contributed by atoms with van der Waals surface area (Å²) in [6.07, 6.45) is 2.54. The molecular weight excluding hydrogens is 356 g/mol. The van der Waals surface area contributed by atoms with Crippen molar-refractivity contribution < 1.29 is 9.32 Å². The number of carbonyl (C=O) groups is 1. The van der Waals surface area contributed by atoms with Crippen LogP contribution in [0.5, 0.6) is 0 Å². The summed E-state index contributed by atoms with van der Waals surface area (Å²) in [5.74, 6) is 1.62. The number of amides is 1. The van der Waals surface area contributed by atoms with Gasteiger partial charge in [-0.3, -0.25) is 9.20 Å². The summed E-state index contributed by atoms with van der Waals surface area (Å²) in [5, 5.41) is 15.2. The highest BCUT2D eigenvalue weighted by Crippen LogP contribution is 2.19. The minimum absolute atomic E-state index is 0.132. The Morgan fingerprint density at radius 2 is 2.04 bits per heavy atom. The molecule has 1 amide bonds. The molecule has 0 aliphatic rings. The van der Waals surface area contributed by atoms with Gasteiger partial charge in [-0.1, -0.05) is 29.8 Å². The third-order valence-corrected chi connectivity index (χ3v) is 4.56. The van der Waals surface area contributed by atoms with Gasteiger partial charge in [0.1, 0.15) is 0 Å². The van der Waals surface area contributed by atoms with Gasteiger partial charge in [0, 0.05) is 23.7 Å². The smallest absolute Gasteiger partial charge is 0.258 e.